The van der Waals surface area contributed by atoms with Gasteiger partial charge in [-0.05, 0) is 55.4 Å². The molecular formula is C27H29N3O3. The van der Waals surface area contributed by atoms with Crippen molar-refractivity contribution in [3.05, 3.63) is 65.0 Å². The van der Waals surface area contributed by atoms with Gasteiger partial charge in [-0.2, -0.15) is 0 Å². The maximum Gasteiger partial charge on any atom is 0.342 e. The number of hydrogen-bond donors (Lipinski definition) is 2. The summed E-state index contributed by atoms with van der Waals surface area (Å²) in [6.07, 6.45) is 11.5. The third-order valence-corrected chi connectivity index (χ3v) is 8.33. The molecule has 170 valence electrons. The Morgan fingerprint density at radius 1 is 1.12 bits per heavy atom. The maximum absolute atomic E-state index is 13.1. The van der Waals surface area contributed by atoms with Crippen molar-refractivity contribution < 1.29 is 14.3 Å². The zero-order valence-corrected chi connectivity index (χ0v) is 18.6. The fourth-order valence-corrected chi connectivity index (χ4v) is 7.04. The van der Waals surface area contributed by atoms with Gasteiger partial charge in [0.15, 0.2) is 0 Å². The zero-order chi connectivity index (χ0) is 22.6. The van der Waals surface area contributed by atoms with Gasteiger partial charge in [-0.1, -0.05) is 42.5 Å². The van der Waals surface area contributed by atoms with Crippen molar-refractivity contribution in [1.82, 2.24) is 4.98 Å². The van der Waals surface area contributed by atoms with Crippen LogP contribution >= 0.6 is 0 Å². The van der Waals surface area contributed by atoms with E-state index in [4.69, 9.17) is 10.5 Å². The Balaban J connectivity index is 1.28. The number of pyridine rings is 1. The second kappa shape index (κ2) is 7.72. The Labute approximate surface area is 193 Å². The number of hydrogen-bond acceptors (Lipinski definition) is 5. The lowest BCUT2D eigenvalue weighted by Gasteiger charge is -2.59. The van der Waals surface area contributed by atoms with Gasteiger partial charge in [0.2, 0.25) is 5.91 Å². The van der Waals surface area contributed by atoms with Crippen LogP contribution in [0.4, 0.5) is 5.69 Å². The predicted molar refractivity (Wildman–Crippen MR) is 125 cm³/mol. The highest BCUT2D eigenvalue weighted by Gasteiger charge is 2.58. The summed E-state index contributed by atoms with van der Waals surface area (Å²) in [5.74, 6) is 0.885. The number of rotatable bonds is 6. The third-order valence-electron chi connectivity index (χ3n) is 8.33. The zero-order valence-electron chi connectivity index (χ0n) is 18.6. The number of ether oxygens (including phenoxy) is 1. The lowest BCUT2D eigenvalue weighted by Crippen LogP contribution is -2.59. The molecule has 0 radical (unpaired) electrons. The van der Waals surface area contributed by atoms with Crippen LogP contribution in [0.5, 0.6) is 0 Å². The van der Waals surface area contributed by atoms with Crippen LogP contribution in [0, 0.1) is 23.2 Å². The van der Waals surface area contributed by atoms with Crippen LogP contribution in [0.2, 0.25) is 0 Å². The Morgan fingerprint density at radius 2 is 1.88 bits per heavy atom. The molecule has 0 spiro atoms. The van der Waals surface area contributed by atoms with Crippen LogP contribution in [0.1, 0.15) is 59.3 Å². The van der Waals surface area contributed by atoms with Crippen molar-refractivity contribution in [3.63, 3.8) is 0 Å². The molecule has 4 fully saturated rings. The summed E-state index contributed by atoms with van der Waals surface area (Å²) in [6.45, 7) is 0.226. The molecule has 1 heterocycles. The van der Waals surface area contributed by atoms with Crippen LogP contribution in [0.15, 0.2) is 42.6 Å². The number of nitrogens with one attached hydrogen (secondary N) is 1. The van der Waals surface area contributed by atoms with Crippen LogP contribution in [-0.2, 0) is 22.6 Å². The summed E-state index contributed by atoms with van der Waals surface area (Å²) < 4.78 is 5.67. The number of nitrogens with zero attached hydrogens (tertiary/aromatic N) is 1. The van der Waals surface area contributed by atoms with E-state index in [0.717, 1.165) is 61.0 Å². The predicted octanol–water partition coefficient (Wildman–Crippen LogP) is 4.10. The van der Waals surface area contributed by atoms with E-state index in [9.17, 15) is 9.59 Å². The number of esters is 1. The van der Waals surface area contributed by atoms with E-state index >= 15 is 0 Å². The van der Waals surface area contributed by atoms with Crippen molar-refractivity contribution in [3.8, 4) is 0 Å². The summed E-state index contributed by atoms with van der Waals surface area (Å²) in [7, 11) is 0. The molecule has 6 heteroatoms. The topological polar surface area (TPSA) is 94.3 Å². The van der Waals surface area contributed by atoms with Crippen molar-refractivity contribution in [2.45, 2.75) is 51.2 Å². The Kier molecular flexibility index (Phi) is 4.78. The molecule has 2 unspecified atom stereocenters. The first-order chi connectivity index (χ1) is 16.0. The minimum atomic E-state index is -0.366. The van der Waals surface area contributed by atoms with Crippen molar-refractivity contribution in [2.24, 2.45) is 28.9 Å². The lowest BCUT2D eigenvalue weighted by atomic mass is 9.47. The lowest BCUT2D eigenvalue weighted by molar-refractivity contribution is -0.143. The van der Waals surface area contributed by atoms with E-state index in [-0.39, 0.29) is 29.9 Å². The molecule has 7 rings (SSSR count). The second-order valence-corrected chi connectivity index (χ2v) is 10.4. The summed E-state index contributed by atoms with van der Waals surface area (Å²) in [5.41, 5.74) is 9.78. The number of benzene rings is 1. The minimum absolute atomic E-state index is 0.127. The number of allylic oxidation sites excluding steroid dienone is 1. The number of nitrogens with two attached hydrogens (primary N) is 1. The highest BCUT2D eigenvalue weighted by molar-refractivity contribution is 5.98. The smallest absolute Gasteiger partial charge is 0.342 e. The third kappa shape index (κ3) is 3.43. The van der Waals surface area contributed by atoms with Crippen molar-refractivity contribution in [2.75, 3.05) is 5.32 Å². The van der Waals surface area contributed by atoms with E-state index in [0.29, 0.717) is 23.3 Å². The van der Waals surface area contributed by atoms with Gasteiger partial charge < -0.3 is 15.8 Å². The standard InChI is InChI=1S/C27H29N3O3/c28-26(32)27-11-17-9-18(12-27)23(19(10-17)13-27)30-24-20-7-4-8-22(20)29-14-21(24)25(31)33-15-16-5-2-1-3-6-16/h1-7,14,17-19,23H,8-13,15H2,(H2,28,32)(H,29,30). The summed E-state index contributed by atoms with van der Waals surface area (Å²) in [6, 6.07) is 9.93. The van der Waals surface area contributed by atoms with E-state index in [2.05, 4.69) is 22.5 Å². The molecule has 1 aromatic heterocycles. The number of fused-ring (bicyclic) bond motifs is 1. The van der Waals surface area contributed by atoms with Crippen LogP contribution in [0.25, 0.3) is 6.08 Å². The molecule has 0 aliphatic heterocycles. The van der Waals surface area contributed by atoms with Gasteiger partial charge in [-0.25, -0.2) is 4.79 Å². The van der Waals surface area contributed by atoms with Crippen LogP contribution in [0.3, 0.4) is 0 Å². The summed E-state index contributed by atoms with van der Waals surface area (Å²) in [5, 5.41) is 3.78. The fraction of sp³-hybridized carbons (Fsp3) is 0.444. The van der Waals surface area contributed by atoms with Crippen molar-refractivity contribution >= 4 is 23.6 Å². The fourth-order valence-electron chi connectivity index (χ4n) is 7.04. The SMILES string of the molecule is NC(=O)C12CC3CC(C1)C(Nc1c(C(=O)OCc4ccccc4)cnc4c1C=CC4)C(C3)C2. The average Bonchev–Trinajstić information content (AvgIpc) is 3.29. The Bertz CT molecular complexity index is 1130. The molecular weight excluding hydrogens is 414 g/mol. The highest BCUT2D eigenvalue weighted by atomic mass is 16.5. The minimum Gasteiger partial charge on any atom is -0.457 e. The van der Waals surface area contributed by atoms with Gasteiger partial charge in [0, 0.05) is 29.6 Å². The van der Waals surface area contributed by atoms with Crippen LogP contribution < -0.4 is 11.1 Å². The summed E-state index contributed by atoms with van der Waals surface area (Å²) in [4.78, 5) is 30.0. The van der Waals surface area contributed by atoms with E-state index in [1.165, 1.54) is 0 Å². The first-order valence-electron chi connectivity index (χ1n) is 12.0. The number of amides is 1. The highest BCUT2D eigenvalue weighted by Crippen LogP contribution is 2.60. The van der Waals surface area contributed by atoms with Gasteiger partial charge in [0.1, 0.15) is 12.2 Å². The first kappa shape index (κ1) is 20.5. The van der Waals surface area contributed by atoms with Gasteiger partial charge >= 0.3 is 5.97 Å². The molecule has 5 aliphatic carbocycles. The monoisotopic (exact) mass is 443 g/mol. The number of anilines is 1. The summed E-state index contributed by atoms with van der Waals surface area (Å²) >= 11 is 0. The normalized spacial score (nSPS) is 30.8. The molecule has 0 saturated heterocycles. The van der Waals surface area contributed by atoms with Gasteiger partial charge in [0.25, 0.3) is 0 Å². The largest absolute Gasteiger partial charge is 0.457 e. The Morgan fingerprint density at radius 3 is 2.61 bits per heavy atom. The molecule has 2 aromatic rings. The maximum atomic E-state index is 13.1. The number of carbonyl (C=O) groups excluding carboxylic acids is 2. The molecule has 6 nitrogen and oxygen atoms in total. The van der Waals surface area contributed by atoms with E-state index in [1.807, 2.05) is 30.3 Å². The van der Waals surface area contributed by atoms with Crippen LogP contribution in [-0.4, -0.2) is 22.9 Å². The van der Waals surface area contributed by atoms with E-state index < -0.39 is 0 Å². The molecule has 33 heavy (non-hydrogen) atoms. The number of primary amides is 1. The second-order valence-electron chi connectivity index (χ2n) is 10.4. The molecule has 1 amide bonds. The molecule has 4 saturated carbocycles. The number of carbonyl (C=O) groups is 2. The molecule has 3 N–H and O–H groups in total. The molecule has 1 aromatic carbocycles. The molecule has 5 aliphatic rings. The van der Waals surface area contributed by atoms with E-state index in [1.54, 1.807) is 6.20 Å². The average molecular weight is 444 g/mol. The van der Waals surface area contributed by atoms with Gasteiger partial charge in [-0.3, -0.25) is 9.78 Å². The first-order valence-corrected chi connectivity index (χ1v) is 12.0. The van der Waals surface area contributed by atoms with Crippen molar-refractivity contribution in [1.29, 1.82) is 0 Å². The number of aromatic nitrogens is 1. The molecule has 2 atom stereocenters. The van der Waals surface area contributed by atoms with Gasteiger partial charge in [0.05, 0.1) is 11.4 Å². The molecule has 4 bridgehead atoms. The quantitative estimate of drug-likeness (QED) is 0.656. The van der Waals surface area contributed by atoms with Gasteiger partial charge in [-0.15, -0.1) is 0 Å². The Hall–Kier alpha value is -3.15.